The summed E-state index contributed by atoms with van der Waals surface area (Å²) in [6.45, 7) is 2.86. The predicted octanol–water partition coefficient (Wildman–Crippen LogP) is 3.39. The molecule has 2 aromatic heterocycles. The van der Waals surface area contributed by atoms with Gasteiger partial charge in [-0.1, -0.05) is 24.6 Å². The number of rotatable bonds is 4. The molecule has 0 N–H and O–H groups in total. The molecule has 0 saturated heterocycles. The number of nitrogens with zero attached hydrogens (tertiary/aromatic N) is 3. The van der Waals surface area contributed by atoms with Crippen molar-refractivity contribution in [2.45, 2.75) is 19.9 Å². The van der Waals surface area contributed by atoms with Gasteiger partial charge in [-0.15, -0.1) is 11.3 Å². The molecule has 0 amide bonds. The van der Waals surface area contributed by atoms with Crippen molar-refractivity contribution in [1.29, 1.82) is 0 Å². The van der Waals surface area contributed by atoms with Crippen LogP contribution in [0.25, 0.3) is 0 Å². The van der Waals surface area contributed by atoms with Crippen LogP contribution >= 0.6 is 22.9 Å². The van der Waals surface area contributed by atoms with E-state index in [-0.39, 0.29) is 0 Å². The van der Waals surface area contributed by atoms with Gasteiger partial charge in [0, 0.05) is 24.4 Å². The van der Waals surface area contributed by atoms with Gasteiger partial charge in [-0.05, 0) is 11.4 Å². The highest BCUT2D eigenvalue weighted by Crippen LogP contribution is 2.19. The summed E-state index contributed by atoms with van der Waals surface area (Å²) < 4.78 is 0. The molecular weight excluding hydrogens is 254 g/mol. The Morgan fingerprint density at radius 3 is 2.88 bits per heavy atom. The lowest BCUT2D eigenvalue weighted by molar-refractivity contribution is 0.866. The molecule has 0 aliphatic heterocycles. The second kappa shape index (κ2) is 5.47. The molecule has 2 aromatic rings. The van der Waals surface area contributed by atoms with Crippen molar-refractivity contribution in [3.63, 3.8) is 0 Å². The van der Waals surface area contributed by atoms with Crippen LogP contribution in [0.15, 0.2) is 23.6 Å². The fourth-order valence-corrected chi connectivity index (χ4v) is 2.47. The number of aromatic nitrogens is 2. The Morgan fingerprint density at radius 1 is 1.41 bits per heavy atom. The van der Waals surface area contributed by atoms with Crippen LogP contribution in [0.5, 0.6) is 0 Å². The largest absolute Gasteiger partial charge is 0.354 e. The minimum absolute atomic E-state index is 0.505. The first-order valence-electron chi connectivity index (χ1n) is 5.46. The van der Waals surface area contributed by atoms with Crippen LogP contribution in [0.1, 0.15) is 17.6 Å². The van der Waals surface area contributed by atoms with Crippen molar-refractivity contribution in [2.24, 2.45) is 0 Å². The van der Waals surface area contributed by atoms with Crippen molar-refractivity contribution in [2.75, 3.05) is 11.9 Å². The van der Waals surface area contributed by atoms with Crippen LogP contribution in [-0.4, -0.2) is 17.0 Å². The third kappa shape index (κ3) is 3.17. The summed E-state index contributed by atoms with van der Waals surface area (Å²) in [5, 5.41) is 2.58. The zero-order valence-electron chi connectivity index (χ0n) is 9.85. The summed E-state index contributed by atoms with van der Waals surface area (Å²) in [7, 11) is 2.01. The Hall–Kier alpha value is -1.13. The average molecular weight is 268 g/mol. The number of hydrogen-bond donors (Lipinski definition) is 0. The summed E-state index contributed by atoms with van der Waals surface area (Å²) in [5.41, 5.74) is 0. The maximum absolute atomic E-state index is 5.98. The fourth-order valence-electron chi connectivity index (χ4n) is 1.52. The molecule has 0 spiro atoms. The molecule has 2 rings (SSSR count). The molecular formula is C12H14ClN3S. The number of anilines is 1. The van der Waals surface area contributed by atoms with E-state index in [1.807, 2.05) is 14.0 Å². The molecule has 3 nitrogen and oxygen atoms in total. The van der Waals surface area contributed by atoms with E-state index in [1.165, 1.54) is 4.88 Å². The third-order valence-corrected chi connectivity index (χ3v) is 3.46. The molecule has 90 valence electrons. The van der Waals surface area contributed by atoms with Gasteiger partial charge in [0.05, 0.1) is 6.54 Å². The second-order valence-electron chi connectivity index (χ2n) is 3.75. The molecule has 0 aromatic carbocycles. The van der Waals surface area contributed by atoms with Gasteiger partial charge in [0.15, 0.2) is 0 Å². The highest BCUT2D eigenvalue weighted by Gasteiger charge is 2.07. The van der Waals surface area contributed by atoms with Crippen molar-refractivity contribution in [1.82, 2.24) is 9.97 Å². The molecule has 17 heavy (non-hydrogen) atoms. The second-order valence-corrected chi connectivity index (χ2v) is 5.17. The molecule has 0 saturated carbocycles. The van der Waals surface area contributed by atoms with Gasteiger partial charge in [0.1, 0.15) is 16.8 Å². The zero-order valence-corrected chi connectivity index (χ0v) is 11.4. The van der Waals surface area contributed by atoms with Crippen LogP contribution in [0, 0.1) is 0 Å². The molecule has 2 heterocycles. The Morgan fingerprint density at radius 2 is 2.24 bits per heavy atom. The first-order valence-corrected chi connectivity index (χ1v) is 6.71. The highest BCUT2D eigenvalue weighted by molar-refractivity contribution is 7.09. The number of thiophene rings is 1. The van der Waals surface area contributed by atoms with Gasteiger partial charge in [-0.25, -0.2) is 9.97 Å². The molecule has 0 radical (unpaired) electrons. The zero-order chi connectivity index (χ0) is 12.3. The summed E-state index contributed by atoms with van der Waals surface area (Å²) in [5.74, 6) is 1.65. The number of halogens is 1. The molecule has 0 bridgehead atoms. The van der Waals surface area contributed by atoms with Gasteiger partial charge < -0.3 is 4.90 Å². The van der Waals surface area contributed by atoms with Gasteiger partial charge in [-0.3, -0.25) is 0 Å². The number of aryl methyl sites for hydroxylation is 1. The lowest BCUT2D eigenvalue weighted by Crippen LogP contribution is -2.17. The smallest absolute Gasteiger partial charge is 0.134 e. The normalized spacial score (nSPS) is 10.5. The summed E-state index contributed by atoms with van der Waals surface area (Å²) >= 11 is 7.72. The van der Waals surface area contributed by atoms with Crippen molar-refractivity contribution in [3.05, 3.63) is 39.4 Å². The van der Waals surface area contributed by atoms with Crippen LogP contribution in [0.2, 0.25) is 5.15 Å². The Balaban J connectivity index is 2.18. The maximum atomic E-state index is 5.98. The minimum atomic E-state index is 0.505. The van der Waals surface area contributed by atoms with Gasteiger partial charge in [0.2, 0.25) is 0 Å². The van der Waals surface area contributed by atoms with E-state index in [4.69, 9.17) is 11.6 Å². The Kier molecular flexibility index (Phi) is 3.97. The van der Waals surface area contributed by atoms with E-state index in [0.29, 0.717) is 5.15 Å². The van der Waals surface area contributed by atoms with Gasteiger partial charge in [0.25, 0.3) is 0 Å². The molecule has 0 aliphatic rings. The van der Waals surface area contributed by atoms with Crippen molar-refractivity contribution >= 4 is 28.8 Å². The van der Waals surface area contributed by atoms with E-state index in [9.17, 15) is 0 Å². The van der Waals surface area contributed by atoms with E-state index < -0.39 is 0 Å². The predicted molar refractivity (Wildman–Crippen MR) is 72.8 cm³/mol. The average Bonchev–Trinajstić information content (AvgIpc) is 2.81. The maximum Gasteiger partial charge on any atom is 0.134 e. The van der Waals surface area contributed by atoms with E-state index in [1.54, 1.807) is 17.4 Å². The summed E-state index contributed by atoms with van der Waals surface area (Å²) in [6.07, 6.45) is 0.792. The van der Waals surface area contributed by atoms with Crippen molar-refractivity contribution in [3.8, 4) is 0 Å². The first-order chi connectivity index (χ1) is 8.19. The van der Waals surface area contributed by atoms with Crippen LogP contribution in [-0.2, 0) is 13.0 Å². The van der Waals surface area contributed by atoms with E-state index >= 15 is 0 Å². The quantitative estimate of drug-likeness (QED) is 0.795. The molecule has 5 heteroatoms. The third-order valence-electron chi connectivity index (χ3n) is 2.41. The molecule has 0 fully saturated rings. The fraction of sp³-hybridized carbons (Fsp3) is 0.333. The van der Waals surface area contributed by atoms with Crippen LogP contribution < -0.4 is 4.90 Å². The number of hydrogen-bond acceptors (Lipinski definition) is 4. The first kappa shape index (κ1) is 12.3. The lowest BCUT2D eigenvalue weighted by Gasteiger charge is -2.17. The minimum Gasteiger partial charge on any atom is -0.354 e. The SMILES string of the molecule is CCc1nc(Cl)cc(N(C)Cc2cccs2)n1. The summed E-state index contributed by atoms with van der Waals surface area (Å²) in [6, 6.07) is 5.97. The molecule has 0 atom stereocenters. The monoisotopic (exact) mass is 267 g/mol. The molecule has 0 unspecified atom stereocenters. The molecule has 0 aliphatic carbocycles. The van der Waals surface area contributed by atoms with Gasteiger partial charge >= 0.3 is 0 Å². The van der Waals surface area contributed by atoms with Gasteiger partial charge in [-0.2, -0.15) is 0 Å². The van der Waals surface area contributed by atoms with E-state index in [0.717, 1.165) is 24.6 Å². The Bertz CT molecular complexity index is 485. The van der Waals surface area contributed by atoms with E-state index in [2.05, 4.69) is 32.4 Å². The van der Waals surface area contributed by atoms with Crippen LogP contribution in [0.3, 0.4) is 0 Å². The van der Waals surface area contributed by atoms with Crippen LogP contribution in [0.4, 0.5) is 5.82 Å². The topological polar surface area (TPSA) is 29.0 Å². The lowest BCUT2D eigenvalue weighted by atomic mass is 10.4. The van der Waals surface area contributed by atoms with Crippen molar-refractivity contribution < 1.29 is 0 Å². The highest BCUT2D eigenvalue weighted by atomic mass is 35.5. The Labute approximate surface area is 110 Å². The summed E-state index contributed by atoms with van der Waals surface area (Å²) in [4.78, 5) is 12.0. The standard InChI is InChI=1S/C12H14ClN3S/c1-3-11-14-10(13)7-12(15-11)16(2)8-9-5-4-6-17-9/h4-7H,3,8H2,1-2H3.